The van der Waals surface area contributed by atoms with Crippen LogP contribution in [0, 0.1) is 0 Å². The third-order valence-electron chi connectivity index (χ3n) is 6.02. The standard InChI is InChI=1S/C17ClF31O3/c18-1-2(50-5(9(23,24)25,10(26,27)28)11(29,30)31)3(19,20)8(21,22)4(1,51-6(12(32,33)34,13(35,36)37)14(38,39)40)52-7(15(41,42)43,16(44,45)46)17(47,48)49. The van der Waals surface area contributed by atoms with Crippen molar-refractivity contribution in [2.45, 2.75) is 90.0 Å². The predicted molar refractivity (Wildman–Crippen MR) is 91.4 cm³/mol. The van der Waals surface area contributed by atoms with E-state index in [1.54, 1.807) is 4.74 Å². The quantitative estimate of drug-likeness (QED) is 0.197. The van der Waals surface area contributed by atoms with Gasteiger partial charge < -0.3 is 14.2 Å². The highest BCUT2D eigenvalue weighted by molar-refractivity contribution is 6.31. The van der Waals surface area contributed by atoms with Gasteiger partial charge in [-0.15, -0.1) is 0 Å². The highest BCUT2D eigenvalue weighted by Crippen LogP contribution is 2.70. The summed E-state index contributed by atoms with van der Waals surface area (Å²) in [5, 5.41) is -5.46. The Morgan fingerprint density at radius 3 is 0.712 bits per heavy atom. The fourth-order valence-corrected chi connectivity index (χ4v) is 4.03. The SMILES string of the molecule is FC(F)(F)C(OC1=C(Cl)C(OC(C(F)(F)F)(C(F)(F)F)C(F)(F)F)(OC(C(F)(F)F)(C(F)(F)F)C(F)(F)F)C(F)(F)C1(F)F)(C(F)(F)F)C(F)(F)F. The molecule has 0 bridgehead atoms. The van der Waals surface area contributed by atoms with Crippen LogP contribution in [0.5, 0.6) is 0 Å². The van der Waals surface area contributed by atoms with Gasteiger partial charge in [0, 0.05) is 0 Å². The topological polar surface area (TPSA) is 27.7 Å². The first-order valence-corrected chi connectivity index (χ1v) is 11.2. The van der Waals surface area contributed by atoms with Crippen molar-refractivity contribution in [3.8, 4) is 0 Å². The van der Waals surface area contributed by atoms with Crippen molar-refractivity contribution in [1.82, 2.24) is 0 Å². The van der Waals surface area contributed by atoms with Gasteiger partial charge in [-0.05, 0) is 0 Å². The molecule has 0 N–H and O–H groups in total. The molecule has 52 heavy (non-hydrogen) atoms. The summed E-state index contributed by atoms with van der Waals surface area (Å²) < 4.78 is 426. The Kier molecular flexibility index (Phi) is 10.8. The molecule has 0 aromatic carbocycles. The molecule has 1 aliphatic rings. The van der Waals surface area contributed by atoms with Crippen LogP contribution >= 0.6 is 11.6 Å². The first-order chi connectivity index (χ1) is 21.9. The van der Waals surface area contributed by atoms with Gasteiger partial charge in [0.25, 0.3) is 5.79 Å². The van der Waals surface area contributed by atoms with E-state index in [9.17, 15) is 127 Å². The molecule has 0 spiro atoms. The van der Waals surface area contributed by atoms with E-state index < -0.39 is 101 Å². The van der Waals surface area contributed by atoms with Crippen molar-refractivity contribution >= 4 is 11.6 Å². The molecule has 35 heteroatoms. The van der Waals surface area contributed by atoms with Gasteiger partial charge >= 0.3 is 84.2 Å². The summed E-state index contributed by atoms with van der Waals surface area (Å²) in [6, 6.07) is 0. The van der Waals surface area contributed by atoms with E-state index in [2.05, 4.69) is 11.6 Å². The summed E-state index contributed by atoms with van der Waals surface area (Å²) >= 11 is 4.08. The van der Waals surface area contributed by atoms with Gasteiger partial charge in [-0.3, -0.25) is 0 Å². The molecule has 0 aromatic heterocycles. The Balaban J connectivity index is 5.10. The molecular weight excluding hydrogens is 877 g/mol. The third-order valence-corrected chi connectivity index (χ3v) is 6.44. The van der Waals surface area contributed by atoms with Crippen LogP contribution in [0.1, 0.15) is 0 Å². The minimum Gasteiger partial charge on any atom is -0.458 e. The molecule has 0 atom stereocenters. The van der Waals surface area contributed by atoms with Gasteiger partial charge in [0.05, 0.1) is 0 Å². The summed E-state index contributed by atoms with van der Waals surface area (Å²) in [4.78, 5) is 0. The largest absolute Gasteiger partial charge is 0.458 e. The van der Waals surface area contributed by atoms with Gasteiger partial charge in [-0.2, -0.15) is 136 Å². The Labute approximate surface area is 264 Å². The van der Waals surface area contributed by atoms with E-state index in [1.807, 2.05) is 0 Å². The molecule has 3 nitrogen and oxygen atoms in total. The Morgan fingerprint density at radius 1 is 0.346 bits per heavy atom. The van der Waals surface area contributed by atoms with E-state index in [1.165, 1.54) is 9.47 Å². The van der Waals surface area contributed by atoms with E-state index in [0.29, 0.717) is 0 Å². The lowest BCUT2D eigenvalue weighted by molar-refractivity contribution is -0.549. The van der Waals surface area contributed by atoms with E-state index >= 15 is 8.78 Å². The van der Waals surface area contributed by atoms with Crippen molar-refractivity contribution in [2.24, 2.45) is 0 Å². The first-order valence-electron chi connectivity index (χ1n) is 10.8. The summed E-state index contributed by atoms with van der Waals surface area (Å²) in [6.45, 7) is 0. The second kappa shape index (κ2) is 11.8. The maximum absolute atomic E-state index is 15.1. The second-order valence-electron chi connectivity index (χ2n) is 9.24. The van der Waals surface area contributed by atoms with Gasteiger partial charge in [0.2, 0.25) is 0 Å². The summed E-state index contributed by atoms with van der Waals surface area (Å²) in [7, 11) is 0. The van der Waals surface area contributed by atoms with Crippen LogP contribution in [-0.4, -0.2) is 90.0 Å². The Bertz CT molecular complexity index is 1190. The maximum Gasteiger partial charge on any atom is 0.447 e. The lowest BCUT2D eigenvalue weighted by Gasteiger charge is -2.49. The monoisotopic (exact) mass is 876 g/mol. The average molecular weight is 877 g/mol. The van der Waals surface area contributed by atoms with Crippen molar-refractivity contribution in [3.05, 3.63) is 10.8 Å². The van der Waals surface area contributed by atoms with Crippen molar-refractivity contribution in [2.75, 3.05) is 0 Å². The molecule has 0 aliphatic heterocycles. The van der Waals surface area contributed by atoms with Gasteiger partial charge in [-0.1, -0.05) is 11.6 Å². The number of ether oxygens (including phenoxy) is 3. The van der Waals surface area contributed by atoms with Crippen LogP contribution in [-0.2, 0) is 14.2 Å². The summed E-state index contributed by atoms with van der Waals surface area (Å²) in [5.74, 6) is -32.4. The number of hydrogen-bond donors (Lipinski definition) is 0. The van der Waals surface area contributed by atoms with Gasteiger partial charge in [-0.25, -0.2) is 0 Å². The van der Waals surface area contributed by atoms with E-state index in [4.69, 9.17) is 0 Å². The number of halogens is 32. The first kappa shape index (κ1) is 47.6. The van der Waals surface area contributed by atoms with E-state index in [0.717, 1.165) is 0 Å². The van der Waals surface area contributed by atoms with Gasteiger partial charge in [0.15, 0.2) is 5.76 Å². The summed E-state index contributed by atoms with van der Waals surface area (Å²) in [6.07, 6.45) is -80.3. The molecule has 0 amide bonds. The molecule has 0 saturated heterocycles. The molecule has 0 fully saturated rings. The predicted octanol–water partition coefficient (Wildman–Crippen LogP) is 10.7. The minimum atomic E-state index is -9.33. The zero-order valence-electron chi connectivity index (χ0n) is 21.8. The van der Waals surface area contributed by atoms with Crippen LogP contribution < -0.4 is 0 Å². The number of hydrogen-bond acceptors (Lipinski definition) is 3. The third kappa shape index (κ3) is 6.15. The zero-order chi connectivity index (χ0) is 42.8. The highest BCUT2D eigenvalue weighted by Gasteiger charge is 2.97. The molecule has 0 saturated carbocycles. The van der Waals surface area contributed by atoms with Crippen LogP contribution in [0.25, 0.3) is 0 Å². The van der Waals surface area contributed by atoms with Crippen LogP contribution in [0.15, 0.2) is 10.8 Å². The number of allylic oxidation sites excluding steroid dienone is 1. The normalized spacial score (nSPS) is 20.5. The van der Waals surface area contributed by atoms with Crippen LogP contribution in [0.2, 0.25) is 0 Å². The molecule has 1 rings (SSSR count). The molecule has 310 valence electrons. The van der Waals surface area contributed by atoms with Crippen molar-refractivity contribution in [1.29, 1.82) is 0 Å². The van der Waals surface area contributed by atoms with Crippen molar-refractivity contribution < 1.29 is 150 Å². The Hall–Kier alpha value is -2.42. The van der Waals surface area contributed by atoms with Crippen LogP contribution in [0.3, 0.4) is 0 Å². The summed E-state index contributed by atoms with van der Waals surface area (Å²) in [5.41, 5.74) is -27.4. The molecule has 0 radical (unpaired) electrons. The number of rotatable bonds is 6. The molecule has 0 unspecified atom stereocenters. The Morgan fingerprint density at radius 2 is 0.538 bits per heavy atom. The zero-order valence-corrected chi connectivity index (χ0v) is 22.6. The molecule has 0 heterocycles. The highest BCUT2D eigenvalue weighted by atomic mass is 35.5. The van der Waals surface area contributed by atoms with Crippen molar-refractivity contribution in [3.63, 3.8) is 0 Å². The smallest absolute Gasteiger partial charge is 0.447 e. The fourth-order valence-electron chi connectivity index (χ4n) is 3.67. The van der Waals surface area contributed by atoms with E-state index in [-0.39, 0.29) is 0 Å². The number of alkyl halides is 31. The lowest BCUT2D eigenvalue weighted by atomic mass is 9.97. The molecule has 1 aliphatic carbocycles. The molecular formula is C17ClF31O3. The fraction of sp³-hybridized carbons (Fsp3) is 0.882. The van der Waals surface area contributed by atoms with Gasteiger partial charge in [0.1, 0.15) is 5.03 Å². The maximum atomic E-state index is 15.1. The average Bonchev–Trinajstić information content (AvgIpc) is 2.85. The van der Waals surface area contributed by atoms with Crippen LogP contribution in [0.4, 0.5) is 136 Å². The molecule has 0 aromatic rings. The lowest BCUT2D eigenvalue weighted by Crippen LogP contribution is -2.77. The minimum absolute atomic E-state index is 1.45. The second-order valence-corrected chi connectivity index (χ2v) is 9.62.